The monoisotopic (exact) mass is 293 g/mol. The molecular formula is C17H15N3O2. The molecule has 0 amide bonds. The molecule has 0 aliphatic carbocycles. The number of imidazole rings is 1. The number of aliphatic hydroxyl groups excluding tert-OH is 1. The lowest BCUT2D eigenvalue weighted by Crippen LogP contribution is -2.07. The molecule has 0 bridgehead atoms. The van der Waals surface area contributed by atoms with E-state index in [1.54, 1.807) is 19.3 Å². The molecule has 0 radical (unpaired) electrons. The van der Waals surface area contributed by atoms with Crippen molar-refractivity contribution in [2.24, 2.45) is 0 Å². The highest BCUT2D eigenvalue weighted by molar-refractivity contribution is 5.58. The summed E-state index contributed by atoms with van der Waals surface area (Å²) in [7, 11) is 0. The number of aliphatic hydroxyl groups is 1. The summed E-state index contributed by atoms with van der Waals surface area (Å²) in [6, 6.07) is 9.39. The normalized spacial score (nSPS) is 12.0. The van der Waals surface area contributed by atoms with Crippen LogP contribution in [0.25, 0.3) is 11.3 Å². The summed E-state index contributed by atoms with van der Waals surface area (Å²) in [6.07, 6.45) is 8.17. The van der Waals surface area contributed by atoms with Gasteiger partial charge in [0.05, 0.1) is 6.54 Å². The molecule has 0 spiro atoms. The van der Waals surface area contributed by atoms with Crippen LogP contribution in [0.15, 0.2) is 47.2 Å². The van der Waals surface area contributed by atoms with Crippen LogP contribution in [0.5, 0.6) is 0 Å². The average Bonchev–Trinajstić information content (AvgIpc) is 3.17. The standard InChI is InChI=1S/C17H15N3O2/c1-3-13-4-6-14(7-5-13)16-10-15(19-22-16)11-20-9-8-18-17(20)12(2)21/h1,4-10,12,21H,11H2,2H3. The highest BCUT2D eigenvalue weighted by Crippen LogP contribution is 2.21. The van der Waals surface area contributed by atoms with Crippen molar-refractivity contribution < 1.29 is 9.63 Å². The van der Waals surface area contributed by atoms with E-state index in [4.69, 9.17) is 10.9 Å². The Balaban J connectivity index is 1.81. The Kier molecular flexibility index (Phi) is 3.77. The Morgan fingerprint density at radius 3 is 2.82 bits per heavy atom. The molecule has 3 rings (SSSR count). The van der Waals surface area contributed by atoms with Crippen molar-refractivity contribution in [2.45, 2.75) is 19.6 Å². The molecule has 1 N–H and O–H groups in total. The smallest absolute Gasteiger partial charge is 0.167 e. The molecule has 3 aromatic rings. The van der Waals surface area contributed by atoms with E-state index in [0.717, 1.165) is 16.8 Å². The van der Waals surface area contributed by atoms with Crippen LogP contribution in [0.4, 0.5) is 0 Å². The Morgan fingerprint density at radius 2 is 2.14 bits per heavy atom. The van der Waals surface area contributed by atoms with Crippen molar-refractivity contribution in [3.8, 4) is 23.7 Å². The number of terminal acetylenes is 1. The summed E-state index contributed by atoms with van der Waals surface area (Å²) in [6.45, 7) is 2.17. The van der Waals surface area contributed by atoms with E-state index < -0.39 is 6.10 Å². The maximum absolute atomic E-state index is 9.66. The molecule has 1 aromatic carbocycles. The maximum atomic E-state index is 9.66. The Morgan fingerprint density at radius 1 is 1.36 bits per heavy atom. The first-order chi connectivity index (χ1) is 10.7. The predicted octanol–water partition coefficient (Wildman–Crippen LogP) is 2.62. The molecule has 110 valence electrons. The first-order valence-electron chi connectivity index (χ1n) is 6.89. The van der Waals surface area contributed by atoms with E-state index in [1.165, 1.54) is 0 Å². The van der Waals surface area contributed by atoms with Crippen LogP contribution in [0.3, 0.4) is 0 Å². The molecule has 5 heteroatoms. The molecule has 5 nitrogen and oxygen atoms in total. The minimum Gasteiger partial charge on any atom is -0.385 e. The van der Waals surface area contributed by atoms with Gasteiger partial charge in [0.1, 0.15) is 17.6 Å². The zero-order valence-electron chi connectivity index (χ0n) is 12.1. The zero-order chi connectivity index (χ0) is 15.5. The van der Waals surface area contributed by atoms with Crippen molar-refractivity contribution in [3.63, 3.8) is 0 Å². The molecule has 2 aromatic heterocycles. The van der Waals surface area contributed by atoms with Crippen LogP contribution in [-0.2, 0) is 6.54 Å². The fourth-order valence-corrected chi connectivity index (χ4v) is 2.25. The minimum absolute atomic E-state index is 0.492. The molecule has 1 unspecified atom stereocenters. The lowest BCUT2D eigenvalue weighted by molar-refractivity contribution is 0.184. The van der Waals surface area contributed by atoms with Gasteiger partial charge in [-0.2, -0.15) is 0 Å². The van der Waals surface area contributed by atoms with Crippen LogP contribution < -0.4 is 0 Å². The molecule has 0 aliphatic rings. The number of nitrogens with zero attached hydrogens (tertiary/aromatic N) is 3. The summed E-state index contributed by atoms with van der Waals surface area (Å²) < 4.78 is 7.22. The number of hydrogen-bond donors (Lipinski definition) is 1. The first kappa shape index (κ1) is 14.1. The molecule has 0 saturated carbocycles. The van der Waals surface area contributed by atoms with Gasteiger partial charge in [-0.1, -0.05) is 11.1 Å². The van der Waals surface area contributed by atoms with E-state index >= 15 is 0 Å². The van der Waals surface area contributed by atoms with Gasteiger partial charge >= 0.3 is 0 Å². The van der Waals surface area contributed by atoms with Crippen molar-refractivity contribution in [1.29, 1.82) is 0 Å². The van der Waals surface area contributed by atoms with Crippen LogP contribution in [0.1, 0.15) is 30.1 Å². The summed E-state index contributed by atoms with van der Waals surface area (Å²) in [5.41, 5.74) is 2.50. The molecular weight excluding hydrogens is 278 g/mol. The van der Waals surface area contributed by atoms with Gasteiger partial charge in [-0.25, -0.2) is 4.98 Å². The van der Waals surface area contributed by atoms with Gasteiger partial charge in [0.2, 0.25) is 0 Å². The van der Waals surface area contributed by atoms with E-state index in [-0.39, 0.29) is 0 Å². The maximum Gasteiger partial charge on any atom is 0.167 e. The van der Waals surface area contributed by atoms with Gasteiger partial charge in [-0.15, -0.1) is 6.42 Å². The van der Waals surface area contributed by atoms with Crippen LogP contribution in [0.2, 0.25) is 0 Å². The SMILES string of the molecule is C#Cc1ccc(-c2cc(Cn3ccnc3C(C)O)no2)cc1. The second-order valence-corrected chi connectivity index (χ2v) is 4.99. The summed E-state index contributed by atoms with van der Waals surface area (Å²) in [5.74, 6) is 3.86. The highest BCUT2D eigenvalue weighted by Gasteiger charge is 2.12. The van der Waals surface area contributed by atoms with Crippen molar-refractivity contribution in [3.05, 3.63) is 59.8 Å². The molecule has 22 heavy (non-hydrogen) atoms. The largest absolute Gasteiger partial charge is 0.385 e. The van der Waals surface area contributed by atoms with Crippen LogP contribution >= 0.6 is 0 Å². The second-order valence-electron chi connectivity index (χ2n) is 4.99. The Bertz CT molecular complexity index is 807. The fourth-order valence-electron chi connectivity index (χ4n) is 2.25. The van der Waals surface area contributed by atoms with Crippen molar-refractivity contribution >= 4 is 0 Å². The van der Waals surface area contributed by atoms with Gasteiger partial charge in [-0.3, -0.25) is 0 Å². The predicted molar refractivity (Wildman–Crippen MR) is 81.8 cm³/mol. The van der Waals surface area contributed by atoms with Crippen molar-refractivity contribution in [2.75, 3.05) is 0 Å². The number of hydrogen-bond acceptors (Lipinski definition) is 4. The van der Waals surface area contributed by atoms with Gasteiger partial charge in [0.25, 0.3) is 0 Å². The third kappa shape index (κ3) is 2.78. The molecule has 0 aliphatic heterocycles. The molecule has 0 fully saturated rings. The lowest BCUT2D eigenvalue weighted by atomic mass is 10.1. The molecule has 0 saturated heterocycles. The summed E-state index contributed by atoms with van der Waals surface area (Å²) in [5, 5.41) is 13.7. The van der Waals surface area contributed by atoms with Gasteiger partial charge in [0.15, 0.2) is 5.76 Å². The van der Waals surface area contributed by atoms with E-state index in [1.807, 2.05) is 34.9 Å². The van der Waals surface area contributed by atoms with E-state index in [2.05, 4.69) is 16.1 Å². The van der Waals surface area contributed by atoms with Crippen LogP contribution in [0, 0.1) is 12.3 Å². The lowest BCUT2D eigenvalue weighted by Gasteiger charge is -2.07. The third-order valence-corrected chi connectivity index (χ3v) is 3.35. The van der Waals surface area contributed by atoms with Gasteiger partial charge < -0.3 is 14.2 Å². The van der Waals surface area contributed by atoms with E-state index in [9.17, 15) is 5.11 Å². The number of aromatic nitrogens is 3. The number of benzene rings is 1. The second kappa shape index (κ2) is 5.88. The fraction of sp³-hybridized carbons (Fsp3) is 0.176. The number of rotatable bonds is 4. The average molecular weight is 293 g/mol. The molecule has 1 atom stereocenters. The molecule has 2 heterocycles. The summed E-state index contributed by atoms with van der Waals surface area (Å²) >= 11 is 0. The van der Waals surface area contributed by atoms with E-state index in [0.29, 0.717) is 18.1 Å². The third-order valence-electron chi connectivity index (χ3n) is 3.35. The van der Waals surface area contributed by atoms with Crippen molar-refractivity contribution in [1.82, 2.24) is 14.7 Å². The van der Waals surface area contributed by atoms with Gasteiger partial charge in [-0.05, 0) is 31.2 Å². The minimum atomic E-state index is -0.627. The highest BCUT2D eigenvalue weighted by atomic mass is 16.5. The quantitative estimate of drug-likeness (QED) is 0.751. The van der Waals surface area contributed by atoms with Gasteiger partial charge in [0, 0.05) is 29.6 Å². The Hall–Kier alpha value is -2.84. The van der Waals surface area contributed by atoms with Crippen LogP contribution in [-0.4, -0.2) is 19.8 Å². The Labute approximate surface area is 128 Å². The summed E-state index contributed by atoms with van der Waals surface area (Å²) in [4.78, 5) is 4.13. The topological polar surface area (TPSA) is 64.1 Å². The first-order valence-corrected chi connectivity index (χ1v) is 6.89. The zero-order valence-corrected chi connectivity index (χ0v) is 12.1.